The molecule has 2 aliphatic rings. The fraction of sp³-hybridized carbons (Fsp3) is 0.381. The number of nitrogens with one attached hydrogen (secondary N) is 2. The highest BCUT2D eigenvalue weighted by molar-refractivity contribution is 7.89. The summed E-state index contributed by atoms with van der Waals surface area (Å²) in [5.74, 6) is -0.382. The average Bonchev–Trinajstić information content (AvgIpc) is 3.52. The first kappa shape index (κ1) is 21.1. The summed E-state index contributed by atoms with van der Waals surface area (Å²) < 4.78 is 33.2. The van der Waals surface area contributed by atoms with Crippen molar-refractivity contribution < 1.29 is 17.9 Å². The number of morpholine rings is 1. The topological polar surface area (TPSA) is 87.7 Å². The van der Waals surface area contributed by atoms with Gasteiger partial charge >= 0.3 is 0 Å². The quantitative estimate of drug-likeness (QED) is 0.707. The zero-order valence-corrected chi connectivity index (χ0v) is 18.2. The molecule has 160 valence electrons. The molecule has 30 heavy (non-hydrogen) atoms. The number of anilines is 2. The van der Waals surface area contributed by atoms with Crippen LogP contribution in [0.4, 0.5) is 11.4 Å². The number of para-hydroxylation sites is 1. The SMILES string of the molecule is Cc1ccc(S(=O)(=O)NC2CC2)cc1C(=O)Nc1cccc(Cl)c1N1CCOCC1. The fourth-order valence-electron chi connectivity index (χ4n) is 3.42. The average molecular weight is 450 g/mol. The van der Waals surface area contributed by atoms with E-state index < -0.39 is 10.0 Å². The van der Waals surface area contributed by atoms with Crippen LogP contribution in [0, 0.1) is 6.92 Å². The van der Waals surface area contributed by atoms with Crippen LogP contribution in [-0.4, -0.2) is 46.7 Å². The molecule has 0 aromatic heterocycles. The molecular formula is C21H24ClN3O4S. The summed E-state index contributed by atoms with van der Waals surface area (Å²) in [5.41, 5.74) is 2.32. The molecule has 9 heteroatoms. The van der Waals surface area contributed by atoms with Gasteiger partial charge in [0.15, 0.2) is 0 Å². The molecule has 4 rings (SSSR count). The predicted octanol–water partition coefficient (Wildman–Crippen LogP) is 3.18. The Kier molecular flexibility index (Phi) is 6.02. The van der Waals surface area contributed by atoms with E-state index in [1.165, 1.54) is 12.1 Å². The van der Waals surface area contributed by atoms with Crippen molar-refractivity contribution in [2.75, 3.05) is 36.5 Å². The van der Waals surface area contributed by atoms with E-state index in [-0.39, 0.29) is 16.8 Å². The van der Waals surface area contributed by atoms with Gasteiger partial charge in [0, 0.05) is 24.7 Å². The number of hydrogen-bond acceptors (Lipinski definition) is 5. The van der Waals surface area contributed by atoms with E-state index in [2.05, 4.69) is 14.9 Å². The molecule has 1 heterocycles. The van der Waals surface area contributed by atoms with E-state index in [0.717, 1.165) is 18.5 Å². The van der Waals surface area contributed by atoms with E-state index in [1.54, 1.807) is 31.2 Å². The molecule has 0 bridgehead atoms. The molecule has 0 atom stereocenters. The maximum atomic E-state index is 13.1. The predicted molar refractivity (Wildman–Crippen MR) is 117 cm³/mol. The van der Waals surface area contributed by atoms with E-state index in [9.17, 15) is 13.2 Å². The lowest BCUT2D eigenvalue weighted by molar-refractivity contribution is 0.102. The number of carbonyl (C=O) groups is 1. The largest absolute Gasteiger partial charge is 0.378 e. The van der Waals surface area contributed by atoms with Crippen LogP contribution in [0.15, 0.2) is 41.3 Å². The number of rotatable bonds is 6. The Morgan fingerprint density at radius 3 is 2.60 bits per heavy atom. The van der Waals surface area contributed by atoms with Gasteiger partial charge in [-0.1, -0.05) is 23.7 Å². The number of hydrogen-bond donors (Lipinski definition) is 2. The van der Waals surface area contributed by atoms with Crippen molar-refractivity contribution in [2.45, 2.75) is 30.7 Å². The Morgan fingerprint density at radius 2 is 1.90 bits per heavy atom. The Labute approximate surface area is 181 Å². The van der Waals surface area contributed by atoms with Crippen molar-refractivity contribution in [3.05, 3.63) is 52.5 Å². The molecule has 7 nitrogen and oxygen atoms in total. The molecule has 0 unspecified atom stereocenters. The van der Waals surface area contributed by atoms with Gasteiger partial charge in [0.1, 0.15) is 0 Å². The molecule has 1 saturated carbocycles. The number of benzene rings is 2. The van der Waals surface area contributed by atoms with Gasteiger partial charge in [0.25, 0.3) is 5.91 Å². The van der Waals surface area contributed by atoms with Gasteiger partial charge in [-0.2, -0.15) is 0 Å². The normalized spacial score (nSPS) is 17.1. The molecule has 1 saturated heterocycles. The summed E-state index contributed by atoms with van der Waals surface area (Å²) in [4.78, 5) is 15.2. The zero-order chi connectivity index (χ0) is 21.3. The summed E-state index contributed by atoms with van der Waals surface area (Å²) in [7, 11) is -3.65. The van der Waals surface area contributed by atoms with E-state index in [0.29, 0.717) is 48.1 Å². The minimum atomic E-state index is -3.65. The molecule has 2 aromatic carbocycles. The first-order chi connectivity index (χ1) is 14.3. The zero-order valence-electron chi connectivity index (χ0n) is 16.7. The second kappa shape index (κ2) is 8.55. The minimum absolute atomic E-state index is 0.00359. The highest BCUT2D eigenvalue weighted by Gasteiger charge is 2.28. The number of nitrogens with zero attached hydrogens (tertiary/aromatic N) is 1. The summed E-state index contributed by atoms with van der Waals surface area (Å²) in [5, 5.41) is 3.45. The van der Waals surface area contributed by atoms with Crippen LogP contribution in [0.2, 0.25) is 5.02 Å². The minimum Gasteiger partial charge on any atom is -0.378 e. The summed E-state index contributed by atoms with van der Waals surface area (Å²) in [6.45, 7) is 4.30. The Morgan fingerprint density at radius 1 is 1.17 bits per heavy atom. The van der Waals surface area contributed by atoms with E-state index in [4.69, 9.17) is 16.3 Å². The van der Waals surface area contributed by atoms with Crippen LogP contribution in [0.3, 0.4) is 0 Å². The number of halogens is 1. The van der Waals surface area contributed by atoms with Gasteiger partial charge in [-0.05, 0) is 49.6 Å². The Hall–Kier alpha value is -2.13. The van der Waals surface area contributed by atoms with Crippen molar-refractivity contribution >= 4 is 38.9 Å². The maximum absolute atomic E-state index is 13.1. The third-order valence-electron chi connectivity index (χ3n) is 5.23. The lowest BCUT2D eigenvalue weighted by Gasteiger charge is -2.31. The fourth-order valence-corrected chi connectivity index (χ4v) is 5.04. The lowest BCUT2D eigenvalue weighted by Crippen LogP contribution is -2.37. The summed E-state index contributed by atoms with van der Waals surface area (Å²) >= 11 is 6.44. The maximum Gasteiger partial charge on any atom is 0.256 e. The molecule has 2 N–H and O–H groups in total. The summed E-state index contributed by atoms with van der Waals surface area (Å²) in [6.07, 6.45) is 1.69. The second-order valence-corrected chi connectivity index (χ2v) is 9.68. The van der Waals surface area contributed by atoms with Crippen LogP contribution in [-0.2, 0) is 14.8 Å². The van der Waals surface area contributed by atoms with Crippen LogP contribution in [0.1, 0.15) is 28.8 Å². The van der Waals surface area contributed by atoms with Gasteiger partial charge in [-0.25, -0.2) is 13.1 Å². The molecular weight excluding hydrogens is 426 g/mol. The highest BCUT2D eigenvalue weighted by Crippen LogP contribution is 2.35. The first-order valence-electron chi connectivity index (χ1n) is 9.91. The number of amides is 1. The van der Waals surface area contributed by atoms with E-state index in [1.807, 2.05) is 0 Å². The summed E-state index contributed by atoms with van der Waals surface area (Å²) in [6, 6.07) is 9.94. The Bertz CT molecular complexity index is 1060. The number of carbonyl (C=O) groups excluding carboxylic acids is 1. The number of aryl methyl sites for hydroxylation is 1. The van der Waals surface area contributed by atoms with Crippen LogP contribution in [0.5, 0.6) is 0 Å². The van der Waals surface area contributed by atoms with E-state index >= 15 is 0 Å². The third-order valence-corrected chi connectivity index (χ3v) is 7.05. The van der Waals surface area contributed by atoms with Crippen molar-refractivity contribution in [1.29, 1.82) is 0 Å². The van der Waals surface area contributed by atoms with Crippen molar-refractivity contribution in [2.24, 2.45) is 0 Å². The van der Waals surface area contributed by atoms with Crippen molar-refractivity contribution in [3.63, 3.8) is 0 Å². The van der Waals surface area contributed by atoms with Gasteiger partial charge in [0.05, 0.1) is 34.5 Å². The number of sulfonamides is 1. The monoisotopic (exact) mass is 449 g/mol. The lowest BCUT2D eigenvalue weighted by atomic mass is 10.1. The molecule has 0 radical (unpaired) electrons. The van der Waals surface area contributed by atoms with Gasteiger partial charge in [-0.3, -0.25) is 4.79 Å². The third kappa shape index (κ3) is 4.62. The van der Waals surface area contributed by atoms with Crippen LogP contribution >= 0.6 is 11.6 Å². The molecule has 2 aromatic rings. The second-order valence-electron chi connectivity index (χ2n) is 7.56. The Balaban J connectivity index is 1.61. The molecule has 1 aliphatic heterocycles. The molecule has 0 spiro atoms. The van der Waals surface area contributed by atoms with Gasteiger partial charge in [-0.15, -0.1) is 0 Å². The molecule has 1 aliphatic carbocycles. The van der Waals surface area contributed by atoms with Crippen molar-refractivity contribution in [3.8, 4) is 0 Å². The standard InChI is InChI=1S/C21H24ClN3O4S/c1-14-5-8-16(30(27,28)24-15-6-7-15)13-17(14)21(26)23-19-4-2-3-18(22)20(19)25-9-11-29-12-10-25/h2-5,8,13,15,24H,6-7,9-12H2,1H3,(H,23,26). The first-order valence-corrected chi connectivity index (χ1v) is 11.8. The van der Waals surface area contributed by atoms with Gasteiger partial charge < -0.3 is 15.0 Å². The smallest absolute Gasteiger partial charge is 0.256 e. The highest BCUT2D eigenvalue weighted by atomic mass is 35.5. The van der Waals surface area contributed by atoms with Crippen molar-refractivity contribution in [1.82, 2.24) is 4.72 Å². The van der Waals surface area contributed by atoms with Gasteiger partial charge in [0.2, 0.25) is 10.0 Å². The van der Waals surface area contributed by atoms with Crippen LogP contribution in [0.25, 0.3) is 0 Å². The molecule has 1 amide bonds. The number of ether oxygens (including phenoxy) is 1. The molecule has 2 fully saturated rings. The van der Waals surface area contributed by atoms with Crippen LogP contribution < -0.4 is 14.9 Å².